The van der Waals surface area contributed by atoms with E-state index < -0.39 is 10.0 Å². The second-order valence-electron chi connectivity index (χ2n) is 4.76. The predicted octanol–water partition coefficient (Wildman–Crippen LogP) is 1.74. The maximum absolute atomic E-state index is 12.4. The fourth-order valence-corrected chi connectivity index (χ4v) is 4.03. The molecule has 1 fully saturated rings. The summed E-state index contributed by atoms with van der Waals surface area (Å²) in [5.74, 6) is 0.607. The van der Waals surface area contributed by atoms with E-state index >= 15 is 0 Å². The van der Waals surface area contributed by atoms with Gasteiger partial charge in [0.1, 0.15) is 5.75 Å². The minimum atomic E-state index is -3.54. The molecule has 2 rings (SSSR count). The quantitative estimate of drug-likeness (QED) is 0.909. The Balaban J connectivity index is 0.00000200. The van der Waals surface area contributed by atoms with E-state index in [1.165, 1.54) is 23.5 Å². The van der Waals surface area contributed by atoms with E-state index in [0.29, 0.717) is 18.8 Å². The number of nitrogens with zero attached hydrogens (tertiary/aromatic N) is 1. The molecule has 1 aliphatic heterocycles. The lowest BCUT2D eigenvalue weighted by molar-refractivity contribution is 0.414. The predicted molar refractivity (Wildman–Crippen MR) is 81.2 cm³/mol. The highest BCUT2D eigenvalue weighted by Gasteiger charge is 2.35. The van der Waals surface area contributed by atoms with Crippen molar-refractivity contribution in [3.05, 3.63) is 23.2 Å². The lowest BCUT2D eigenvalue weighted by Crippen LogP contribution is -2.32. The molecule has 0 bridgehead atoms. The Hall–Kier alpha value is -0.530. The third-order valence-electron chi connectivity index (χ3n) is 3.40. The Bertz CT molecular complexity index is 570. The molecule has 5 nitrogen and oxygen atoms in total. The van der Waals surface area contributed by atoms with Crippen LogP contribution in [0.2, 0.25) is 5.02 Å². The smallest absolute Gasteiger partial charge is 0.243 e. The molecule has 1 saturated heterocycles. The zero-order valence-corrected chi connectivity index (χ0v) is 13.6. The van der Waals surface area contributed by atoms with Gasteiger partial charge in [-0.15, -0.1) is 12.4 Å². The number of benzene rings is 1. The molecule has 1 heterocycles. The Labute approximate surface area is 130 Å². The molecule has 1 aromatic carbocycles. The highest BCUT2D eigenvalue weighted by atomic mass is 35.5. The van der Waals surface area contributed by atoms with Gasteiger partial charge in [0.25, 0.3) is 0 Å². The van der Waals surface area contributed by atoms with Gasteiger partial charge in [0.2, 0.25) is 10.0 Å². The van der Waals surface area contributed by atoms with Crippen LogP contribution in [0, 0.1) is 5.92 Å². The van der Waals surface area contributed by atoms with Crippen LogP contribution in [0.15, 0.2) is 23.1 Å². The molecule has 0 spiro atoms. The summed E-state index contributed by atoms with van der Waals surface area (Å²) < 4.78 is 31.3. The summed E-state index contributed by atoms with van der Waals surface area (Å²) >= 11 is 5.97. The van der Waals surface area contributed by atoms with Crippen molar-refractivity contribution in [3.63, 3.8) is 0 Å². The van der Waals surface area contributed by atoms with Crippen LogP contribution in [0.4, 0.5) is 0 Å². The standard InChI is InChI=1S/C12H17ClN2O3S.ClH/c1-8-6-15(7-11(8)14)19(16,17)9-3-4-12(18-2)10(13)5-9;/h3-5,8,11H,6-7,14H2,1-2H3;1H. The SMILES string of the molecule is COc1ccc(S(=O)(=O)N2CC(C)C(N)C2)cc1Cl.Cl. The lowest BCUT2D eigenvalue weighted by atomic mass is 10.1. The highest BCUT2D eigenvalue weighted by molar-refractivity contribution is 7.89. The molecule has 114 valence electrons. The van der Waals surface area contributed by atoms with Gasteiger partial charge in [-0.3, -0.25) is 0 Å². The molecule has 2 atom stereocenters. The number of hydrogen-bond acceptors (Lipinski definition) is 4. The van der Waals surface area contributed by atoms with Gasteiger partial charge in [-0.25, -0.2) is 8.42 Å². The summed E-state index contributed by atoms with van der Waals surface area (Å²) in [6.45, 7) is 2.72. The van der Waals surface area contributed by atoms with Gasteiger partial charge in [0.15, 0.2) is 0 Å². The zero-order chi connectivity index (χ0) is 14.2. The number of halogens is 2. The van der Waals surface area contributed by atoms with Crippen molar-refractivity contribution < 1.29 is 13.2 Å². The Kier molecular flexibility index (Phi) is 5.69. The number of hydrogen-bond donors (Lipinski definition) is 1. The Morgan fingerprint density at radius 1 is 1.40 bits per heavy atom. The highest BCUT2D eigenvalue weighted by Crippen LogP contribution is 2.30. The molecule has 20 heavy (non-hydrogen) atoms. The van der Waals surface area contributed by atoms with E-state index in [1.807, 2.05) is 6.92 Å². The summed E-state index contributed by atoms with van der Waals surface area (Å²) in [7, 11) is -2.06. The molecule has 0 amide bonds. The molecule has 2 N–H and O–H groups in total. The third kappa shape index (κ3) is 3.20. The van der Waals surface area contributed by atoms with Gasteiger partial charge in [-0.05, 0) is 24.1 Å². The maximum atomic E-state index is 12.4. The van der Waals surface area contributed by atoms with Crippen molar-refractivity contribution in [3.8, 4) is 5.75 Å². The average molecular weight is 341 g/mol. The van der Waals surface area contributed by atoms with E-state index in [4.69, 9.17) is 22.1 Å². The van der Waals surface area contributed by atoms with Crippen LogP contribution in [0.25, 0.3) is 0 Å². The van der Waals surface area contributed by atoms with Crippen LogP contribution in [0.5, 0.6) is 5.75 Å². The molecule has 0 saturated carbocycles. The van der Waals surface area contributed by atoms with Crippen molar-refractivity contribution in [2.24, 2.45) is 11.7 Å². The first-order chi connectivity index (χ1) is 8.86. The Morgan fingerprint density at radius 2 is 2.05 bits per heavy atom. The van der Waals surface area contributed by atoms with E-state index in [9.17, 15) is 8.42 Å². The molecular weight excluding hydrogens is 323 g/mol. The van der Waals surface area contributed by atoms with Gasteiger partial charge in [0.05, 0.1) is 17.0 Å². The van der Waals surface area contributed by atoms with Gasteiger partial charge in [0, 0.05) is 19.1 Å². The summed E-state index contributed by atoms with van der Waals surface area (Å²) in [6, 6.07) is 4.33. The van der Waals surface area contributed by atoms with Crippen LogP contribution >= 0.6 is 24.0 Å². The molecular formula is C12H18Cl2N2O3S. The van der Waals surface area contributed by atoms with E-state index in [1.54, 1.807) is 6.07 Å². The van der Waals surface area contributed by atoms with E-state index in [0.717, 1.165) is 0 Å². The van der Waals surface area contributed by atoms with Crippen LogP contribution in [0.3, 0.4) is 0 Å². The molecule has 2 unspecified atom stereocenters. The van der Waals surface area contributed by atoms with Crippen LogP contribution in [0.1, 0.15) is 6.92 Å². The van der Waals surface area contributed by atoms with Gasteiger partial charge >= 0.3 is 0 Å². The van der Waals surface area contributed by atoms with Crippen molar-refractivity contribution in [2.75, 3.05) is 20.2 Å². The fourth-order valence-electron chi connectivity index (χ4n) is 2.10. The number of sulfonamides is 1. The fraction of sp³-hybridized carbons (Fsp3) is 0.500. The molecule has 0 aliphatic carbocycles. The monoisotopic (exact) mass is 340 g/mol. The molecule has 0 aromatic heterocycles. The molecule has 8 heteroatoms. The summed E-state index contributed by atoms with van der Waals surface area (Å²) in [6.07, 6.45) is 0. The first kappa shape index (κ1) is 17.5. The van der Waals surface area contributed by atoms with Gasteiger partial charge in [-0.2, -0.15) is 4.31 Å². The second-order valence-corrected chi connectivity index (χ2v) is 7.10. The maximum Gasteiger partial charge on any atom is 0.243 e. The van der Waals surface area contributed by atoms with Crippen molar-refractivity contribution in [1.82, 2.24) is 4.31 Å². The van der Waals surface area contributed by atoms with Gasteiger partial charge in [-0.1, -0.05) is 18.5 Å². The summed E-state index contributed by atoms with van der Waals surface area (Å²) in [5.41, 5.74) is 5.87. The summed E-state index contributed by atoms with van der Waals surface area (Å²) in [4.78, 5) is 0.166. The minimum Gasteiger partial charge on any atom is -0.495 e. The number of methoxy groups -OCH3 is 1. The van der Waals surface area contributed by atoms with E-state index in [-0.39, 0.29) is 34.3 Å². The number of ether oxygens (including phenoxy) is 1. The minimum absolute atomic E-state index is 0. The lowest BCUT2D eigenvalue weighted by Gasteiger charge is -2.16. The van der Waals surface area contributed by atoms with Crippen molar-refractivity contribution >= 4 is 34.0 Å². The molecule has 1 aliphatic rings. The zero-order valence-electron chi connectivity index (χ0n) is 11.2. The third-order valence-corrected chi connectivity index (χ3v) is 5.52. The second kappa shape index (κ2) is 6.49. The molecule has 0 radical (unpaired) electrons. The normalized spacial score (nSPS) is 23.4. The van der Waals surface area contributed by atoms with Gasteiger partial charge < -0.3 is 10.5 Å². The van der Waals surface area contributed by atoms with Crippen LogP contribution < -0.4 is 10.5 Å². The summed E-state index contributed by atoms with van der Waals surface area (Å²) in [5, 5.41) is 0.278. The number of nitrogens with two attached hydrogens (primary N) is 1. The first-order valence-electron chi connectivity index (χ1n) is 5.95. The van der Waals surface area contributed by atoms with Crippen LogP contribution in [-0.2, 0) is 10.0 Å². The Morgan fingerprint density at radius 3 is 2.50 bits per heavy atom. The average Bonchev–Trinajstić information content (AvgIpc) is 2.70. The topological polar surface area (TPSA) is 72.6 Å². The number of rotatable bonds is 3. The van der Waals surface area contributed by atoms with E-state index in [2.05, 4.69) is 0 Å². The largest absolute Gasteiger partial charge is 0.495 e. The van der Waals surface area contributed by atoms with Crippen molar-refractivity contribution in [1.29, 1.82) is 0 Å². The van der Waals surface area contributed by atoms with Crippen molar-refractivity contribution in [2.45, 2.75) is 17.9 Å². The first-order valence-corrected chi connectivity index (χ1v) is 7.77. The molecule has 1 aromatic rings. The van der Waals surface area contributed by atoms with Crippen LogP contribution in [-0.4, -0.2) is 39.0 Å².